The van der Waals surface area contributed by atoms with E-state index in [9.17, 15) is 0 Å². The zero-order chi connectivity index (χ0) is 10.8. The van der Waals surface area contributed by atoms with E-state index < -0.39 is 0 Å². The molecular weight excluding hydrogens is 186 g/mol. The van der Waals surface area contributed by atoms with Crippen molar-refractivity contribution in [3.8, 4) is 5.75 Å². The molecule has 0 aliphatic heterocycles. The number of rotatable bonds is 2. The zero-order valence-corrected chi connectivity index (χ0v) is 9.79. The zero-order valence-electron chi connectivity index (χ0n) is 9.79. The van der Waals surface area contributed by atoms with Gasteiger partial charge in [-0.3, -0.25) is 0 Å². The Labute approximate surface area is 91.9 Å². The average Bonchev–Trinajstić information content (AvgIpc) is 2.27. The second-order valence-corrected chi connectivity index (χ2v) is 4.40. The van der Waals surface area contributed by atoms with Crippen molar-refractivity contribution in [1.29, 1.82) is 0 Å². The van der Waals surface area contributed by atoms with Crippen LogP contribution in [0.3, 0.4) is 0 Å². The average molecular weight is 205 g/mol. The molecule has 1 aliphatic carbocycles. The number of hydrogen-bond acceptors (Lipinski definition) is 2. The van der Waals surface area contributed by atoms with Gasteiger partial charge in [0, 0.05) is 6.04 Å². The summed E-state index contributed by atoms with van der Waals surface area (Å²) in [5, 5.41) is 0. The molecule has 0 saturated heterocycles. The van der Waals surface area contributed by atoms with Gasteiger partial charge >= 0.3 is 0 Å². The SMILES string of the molecule is COc1cccc2c1CCC[C@H]2N(C)C. The fraction of sp³-hybridized carbons (Fsp3) is 0.538. The fourth-order valence-corrected chi connectivity index (χ4v) is 2.52. The molecule has 15 heavy (non-hydrogen) atoms. The summed E-state index contributed by atoms with van der Waals surface area (Å²) in [6.45, 7) is 0. The van der Waals surface area contributed by atoms with Gasteiger partial charge in [-0.2, -0.15) is 0 Å². The quantitative estimate of drug-likeness (QED) is 0.736. The first-order valence-electron chi connectivity index (χ1n) is 5.56. The van der Waals surface area contributed by atoms with Crippen LogP contribution in [-0.4, -0.2) is 26.1 Å². The van der Waals surface area contributed by atoms with Gasteiger partial charge in [-0.25, -0.2) is 0 Å². The molecule has 2 rings (SSSR count). The first-order chi connectivity index (χ1) is 7.24. The Hall–Kier alpha value is -1.02. The topological polar surface area (TPSA) is 12.5 Å². The molecule has 0 radical (unpaired) electrons. The Kier molecular flexibility index (Phi) is 2.96. The van der Waals surface area contributed by atoms with Crippen LogP contribution in [0.1, 0.15) is 30.0 Å². The van der Waals surface area contributed by atoms with Crippen LogP contribution in [0.15, 0.2) is 18.2 Å². The van der Waals surface area contributed by atoms with Gasteiger partial charge in [0.2, 0.25) is 0 Å². The minimum absolute atomic E-state index is 0.559. The van der Waals surface area contributed by atoms with E-state index in [-0.39, 0.29) is 0 Å². The van der Waals surface area contributed by atoms with E-state index in [0.717, 1.165) is 12.2 Å². The monoisotopic (exact) mass is 205 g/mol. The molecule has 0 saturated carbocycles. The Morgan fingerprint density at radius 3 is 2.80 bits per heavy atom. The molecule has 0 aromatic heterocycles. The predicted molar refractivity (Wildman–Crippen MR) is 62.4 cm³/mol. The lowest BCUT2D eigenvalue weighted by atomic mass is 9.86. The summed E-state index contributed by atoms with van der Waals surface area (Å²) in [4.78, 5) is 2.30. The van der Waals surface area contributed by atoms with Crippen LogP contribution in [0.25, 0.3) is 0 Å². The van der Waals surface area contributed by atoms with Crippen molar-refractivity contribution in [3.63, 3.8) is 0 Å². The highest BCUT2D eigenvalue weighted by Gasteiger charge is 2.23. The summed E-state index contributed by atoms with van der Waals surface area (Å²) in [6.07, 6.45) is 3.67. The Morgan fingerprint density at radius 2 is 2.13 bits per heavy atom. The lowest BCUT2D eigenvalue weighted by molar-refractivity contribution is 0.266. The van der Waals surface area contributed by atoms with Crippen LogP contribution in [0.2, 0.25) is 0 Å². The number of ether oxygens (including phenoxy) is 1. The van der Waals surface area contributed by atoms with Gasteiger partial charge in [-0.05, 0) is 50.6 Å². The smallest absolute Gasteiger partial charge is 0.122 e. The molecule has 2 nitrogen and oxygen atoms in total. The molecule has 1 aromatic rings. The van der Waals surface area contributed by atoms with E-state index in [0.29, 0.717) is 6.04 Å². The number of methoxy groups -OCH3 is 1. The van der Waals surface area contributed by atoms with Crippen LogP contribution in [-0.2, 0) is 6.42 Å². The van der Waals surface area contributed by atoms with Gasteiger partial charge in [-0.1, -0.05) is 12.1 Å². The molecule has 1 aliphatic rings. The van der Waals surface area contributed by atoms with Crippen LogP contribution in [0.4, 0.5) is 0 Å². The largest absolute Gasteiger partial charge is 0.496 e. The molecule has 0 heterocycles. The summed E-state index contributed by atoms with van der Waals surface area (Å²) in [7, 11) is 6.06. The minimum Gasteiger partial charge on any atom is -0.496 e. The summed E-state index contributed by atoms with van der Waals surface area (Å²) >= 11 is 0. The Balaban J connectivity index is 2.44. The first-order valence-corrected chi connectivity index (χ1v) is 5.56. The molecule has 1 atom stereocenters. The van der Waals surface area contributed by atoms with Crippen molar-refractivity contribution in [3.05, 3.63) is 29.3 Å². The number of benzene rings is 1. The first kappa shape index (κ1) is 10.5. The number of hydrogen-bond donors (Lipinski definition) is 0. The van der Waals surface area contributed by atoms with Crippen LogP contribution in [0.5, 0.6) is 5.75 Å². The third-order valence-corrected chi connectivity index (χ3v) is 3.28. The van der Waals surface area contributed by atoms with Crippen molar-refractivity contribution in [2.45, 2.75) is 25.3 Å². The highest BCUT2D eigenvalue weighted by molar-refractivity contribution is 5.43. The molecule has 0 bridgehead atoms. The molecule has 2 heteroatoms. The van der Waals surface area contributed by atoms with Crippen LogP contribution >= 0.6 is 0 Å². The molecule has 82 valence electrons. The maximum Gasteiger partial charge on any atom is 0.122 e. The van der Waals surface area contributed by atoms with Crippen LogP contribution in [0, 0.1) is 0 Å². The highest BCUT2D eigenvalue weighted by Crippen LogP contribution is 2.37. The van der Waals surface area contributed by atoms with Gasteiger partial charge in [0.1, 0.15) is 5.75 Å². The maximum absolute atomic E-state index is 5.42. The number of fused-ring (bicyclic) bond motifs is 1. The highest BCUT2D eigenvalue weighted by atomic mass is 16.5. The van der Waals surface area contributed by atoms with Gasteiger partial charge in [-0.15, -0.1) is 0 Å². The molecule has 0 amide bonds. The molecule has 1 aromatic carbocycles. The minimum atomic E-state index is 0.559. The molecule has 0 spiro atoms. The van der Waals surface area contributed by atoms with E-state index in [1.54, 1.807) is 7.11 Å². The van der Waals surface area contributed by atoms with Crippen molar-refractivity contribution in [2.24, 2.45) is 0 Å². The summed E-state index contributed by atoms with van der Waals surface area (Å²) in [5.74, 6) is 1.05. The number of nitrogens with zero attached hydrogens (tertiary/aromatic N) is 1. The van der Waals surface area contributed by atoms with Gasteiger partial charge in [0.05, 0.1) is 7.11 Å². The second kappa shape index (κ2) is 4.23. The van der Waals surface area contributed by atoms with Crippen LogP contribution < -0.4 is 4.74 Å². The third kappa shape index (κ3) is 1.86. The van der Waals surface area contributed by atoms with E-state index in [2.05, 4.69) is 37.2 Å². The van der Waals surface area contributed by atoms with Gasteiger partial charge in [0.15, 0.2) is 0 Å². The Bertz CT molecular complexity index is 346. The molecule has 0 unspecified atom stereocenters. The van der Waals surface area contributed by atoms with Gasteiger partial charge in [0.25, 0.3) is 0 Å². The maximum atomic E-state index is 5.42. The van der Waals surface area contributed by atoms with E-state index in [4.69, 9.17) is 4.74 Å². The summed E-state index contributed by atoms with van der Waals surface area (Å²) < 4.78 is 5.42. The fourth-order valence-electron chi connectivity index (χ4n) is 2.52. The van der Waals surface area contributed by atoms with E-state index in [1.807, 2.05) is 0 Å². The summed E-state index contributed by atoms with van der Waals surface area (Å²) in [6, 6.07) is 6.96. The van der Waals surface area contributed by atoms with Gasteiger partial charge < -0.3 is 9.64 Å². The molecular formula is C13H19NO. The van der Waals surface area contributed by atoms with E-state index in [1.165, 1.54) is 24.0 Å². The molecule has 0 N–H and O–H groups in total. The summed E-state index contributed by atoms with van der Waals surface area (Å²) in [5.41, 5.74) is 2.86. The Morgan fingerprint density at radius 1 is 1.33 bits per heavy atom. The third-order valence-electron chi connectivity index (χ3n) is 3.28. The molecule has 0 fully saturated rings. The van der Waals surface area contributed by atoms with Crippen molar-refractivity contribution < 1.29 is 4.74 Å². The van der Waals surface area contributed by atoms with Crippen molar-refractivity contribution >= 4 is 0 Å². The second-order valence-electron chi connectivity index (χ2n) is 4.40. The van der Waals surface area contributed by atoms with Crippen molar-refractivity contribution in [2.75, 3.05) is 21.2 Å². The van der Waals surface area contributed by atoms with Crippen molar-refractivity contribution in [1.82, 2.24) is 4.90 Å². The lowest BCUT2D eigenvalue weighted by Gasteiger charge is -2.31. The lowest BCUT2D eigenvalue weighted by Crippen LogP contribution is -2.24. The standard InChI is InChI=1S/C13H19NO/c1-14(2)12-8-4-7-11-10(12)6-5-9-13(11)15-3/h5-6,9,12H,4,7-8H2,1-3H3/t12-/m1/s1. The normalized spacial score (nSPS) is 20.1. The van der Waals surface area contributed by atoms with E-state index >= 15 is 0 Å². The predicted octanol–water partition coefficient (Wildman–Crippen LogP) is 2.63.